The molecule has 26 heavy (non-hydrogen) atoms. The van der Waals surface area contributed by atoms with Crippen LogP contribution in [0.3, 0.4) is 0 Å². The molecule has 3 atom stereocenters. The number of aryl methyl sites for hydroxylation is 1. The molecule has 0 radical (unpaired) electrons. The minimum absolute atomic E-state index is 0.561. The van der Waals surface area contributed by atoms with Crippen molar-refractivity contribution in [1.82, 2.24) is 0 Å². The Balaban J connectivity index is 1.56. The number of fused-ring (bicyclic) bond motifs is 3. The van der Waals surface area contributed by atoms with Crippen LogP contribution in [0.4, 0.5) is 5.69 Å². The van der Waals surface area contributed by atoms with Gasteiger partial charge in [0, 0.05) is 23.5 Å². The molecule has 1 fully saturated rings. The molecule has 0 N–H and O–H groups in total. The lowest BCUT2D eigenvalue weighted by Crippen LogP contribution is -2.29. The summed E-state index contributed by atoms with van der Waals surface area (Å²) < 4.78 is 0. The van der Waals surface area contributed by atoms with Crippen molar-refractivity contribution in [3.05, 3.63) is 95.6 Å². The summed E-state index contributed by atoms with van der Waals surface area (Å²) in [5, 5.41) is 0. The lowest BCUT2D eigenvalue weighted by molar-refractivity contribution is 0.657. The largest absolute Gasteiger partial charge is 0.341 e. The van der Waals surface area contributed by atoms with Crippen molar-refractivity contribution in [1.29, 1.82) is 0 Å². The van der Waals surface area contributed by atoms with Crippen LogP contribution in [-0.2, 0) is 0 Å². The highest BCUT2D eigenvalue weighted by Crippen LogP contribution is 2.55. The first-order chi connectivity index (χ1) is 12.8. The van der Waals surface area contributed by atoms with E-state index in [2.05, 4.69) is 90.7 Å². The lowest BCUT2D eigenvalue weighted by Gasteiger charge is -2.33. The second-order valence-corrected chi connectivity index (χ2v) is 7.90. The van der Waals surface area contributed by atoms with E-state index >= 15 is 0 Å². The summed E-state index contributed by atoms with van der Waals surface area (Å²) in [6.45, 7) is 3.19. The maximum atomic E-state index is 2.56. The molecule has 2 aromatic rings. The van der Waals surface area contributed by atoms with Crippen LogP contribution in [0.25, 0.3) is 5.70 Å². The molecule has 3 unspecified atom stereocenters. The van der Waals surface area contributed by atoms with Gasteiger partial charge in [0.1, 0.15) is 0 Å². The third-order valence-corrected chi connectivity index (χ3v) is 5.97. The Morgan fingerprint density at radius 2 is 1.85 bits per heavy atom. The third kappa shape index (κ3) is 2.82. The molecule has 3 aliphatic carbocycles. The standard InChI is InChI=1S/C25H25N/c1-18-11-13-21(14-12-18)26(17-19-7-3-2-4-8-19)25-16-20-15-24(20)22-9-5-6-10-23(22)25/h2-7,9-14,16,19-20,24H,8,15,17H2,1H3. The molecular formula is C25H25N. The van der Waals surface area contributed by atoms with Crippen molar-refractivity contribution in [2.45, 2.75) is 25.7 Å². The molecule has 0 bridgehead atoms. The zero-order valence-electron chi connectivity index (χ0n) is 15.3. The van der Waals surface area contributed by atoms with E-state index in [9.17, 15) is 0 Å². The summed E-state index contributed by atoms with van der Waals surface area (Å²) in [6, 6.07) is 18.0. The van der Waals surface area contributed by atoms with Crippen LogP contribution in [0.2, 0.25) is 0 Å². The predicted octanol–water partition coefficient (Wildman–Crippen LogP) is 6.09. The number of allylic oxidation sites excluding steroid dienone is 4. The summed E-state index contributed by atoms with van der Waals surface area (Å²) >= 11 is 0. The van der Waals surface area contributed by atoms with Crippen molar-refractivity contribution in [3.8, 4) is 0 Å². The fraction of sp³-hybridized carbons (Fsp3) is 0.280. The monoisotopic (exact) mass is 339 g/mol. The van der Waals surface area contributed by atoms with Crippen LogP contribution in [0.5, 0.6) is 0 Å². The summed E-state index contributed by atoms with van der Waals surface area (Å²) in [5.74, 6) is 2.05. The number of hydrogen-bond acceptors (Lipinski definition) is 1. The Bertz CT molecular complexity index is 900. The van der Waals surface area contributed by atoms with Gasteiger partial charge in [0.25, 0.3) is 0 Å². The van der Waals surface area contributed by atoms with Crippen LogP contribution in [-0.4, -0.2) is 6.54 Å². The van der Waals surface area contributed by atoms with Gasteiger partial charge >= 0.3 is 0 Å². The van der Waals surface area contributed by atoms with E-state index < -0.39 is 0 Å². The first-order valence-electron chi connectivity index (χ1n) is 9.78. The second-order valence-electron chi connectivity index (χ2n) is 7.90. The van der Waals surface area contributed by atoms with Gasteiger partial charge in [-0.1, -0.05) is 72.3 Å². The topological polar surface area (TPSA) is 3.24 Å². The van der Waals surface area contributed by atoms with Gasteiger partial charge in [-0.25, -0.2) is 0 Å². The van der Waals surface area contributed by atoms with Gasteiger partial charge < -0.3 is 4.90 Å². The maximum Gasteiger partial charge on any atom is 0.0449 e. The van der Waals surface area contributed by atoms with Gasteiger partial charge in [0.2, 0.25) is 0 Å². The first kappa shape index (κ1) is 15.7. The number of anilines is 1. The average molecular weight is 339 g/mol. The van der Waals surface area contributed by atoms with Crippen LogP contribution in [0.1, 0.15) is 35.4 Å². The fourth-order valence-electron chi connectivity index (χ4n) is 4.41. The van der Waals surface area contributed by atoms with Gasteiger partial charge in [0.15, 0.2) is 0 Å². The first-order valence-corrected chi connectivity index (χ1v) is 9.78. The van der Waals surface area contributed by atoms with E-state index in [4.69, 9.17) is 0 Å². The highest BCUT2D eigenvalue weighted by atomic mass is 15.1. The zero-order valence-corrected chi connectivity index (χ0v) is 15.3. The quantitative estimate of drug-likeness (QED) is 0.651. The number of rotatable bonds is 4. The minimum Gasteiger partial charge on any atom is -0.341 e. The highest BCUT2D eigenvalue weighted by molar-refractivity contribution is 5.83. The summed E-state index contributed by atoms with van der Waals surface area (Å²) in [6.07, 6.45) is 14.0. The summed E-state index contributed by atoms with van der Waals surface area (Å²) in [4.78, 5) is 2.56. The van der Waals surface area contributed by atoms with Crippen molar-refractivity contribution in [2.75, 3.05) is 11.4 Å². The van der Waals surface area contributed by atoms with Crippen LogP contribution >= 0.6 is 0 Å². The van der Waals surface area contributed by atoms with Gasteiger partial charge in [-0.3, -0.25) is 0 Å². The zero-order chi connectivity index (χ0) is 17.5. The van der Waals surface area contributed by atoms with Gasteiger partial charge in [-0.15, -0.1) is 0 Å². The van der Waals surface area contributed by atoms with E-state index in [1.807, 2.05) is 0 Å². The Morgan fingerprint density at radius 3 is 2.65 bits per heavy atom. The molecule has 5 rings (SSSR count). The molecule has 1 heteroatoms. The minimum atomic E-state index is 0.561. The molecule has 0 amide bonds. The van der Waals surface area contributed by atoms with Crippen LogP contribution in [0, 0.1) is 18.8 Å². The normalized spacial score (nSPS) is 25.3. The average Bonchev–Trinajstić information content (AvgIpc) is 3.47. The van der Waals surface area contributed by atoms with Crippen LogP contribution < -0.4 is 4.90 Å². The lowest BCUT2D eigenvalue weighted by atomic mass is 9.92. The van der Waals surface area contributed by atoms with Crippen molar-refractivity contribution >= 4 is 11.4 Å². The van der Waals surface area contributed by atoms with Gasteiger partial charge in [-0.05, 0) is 55.2 Å². The van der Waals surface area contributed by atoms with E-state index in [1.54, 1.807) is 5.56 Å². The Labute approximate surface area is 156 Å². The molecule has 130 valence electrons. The molecule has 0 saturated heterocycles. The fourth-order valence-corrected chi connectivity index (χ4v) is 4.41. The van der Waals surface area contributed by atoms with E-state index in [0.29, 0.717) is 5.92 Å². The Hall–Kier alpha value is -2.54. The Morgan fingerprint density at radius 1 is 1.00 bits per heavy atom. The van der Waals surface area contributed by atoms with Gasteiger partial charge in [-0.2, -0.15) is 0 Å². The number of hydrogen-bond donors (Lipinski definition) is 0. The highest BCUT2D eigenvalue weighted by Gasteiger charge is 2.42. The molecule has 2 aromatic carbocycles. The maximum absolute atomic E-state index is 2.56. The van der Waals surface area contributed by atoms with E-state index in [0.717, 1.165) is 24.8 Å². The molecule has 1 nitrogen and oxygen atoms in total. The number of nitrogens with zero attached hydrogens (tertiary/aromatic N) is 1. The van der Waals surface area contributed by atoms with Crippen molar-refractivity contribution in [3.63, 3.8) is 0 Å². The van der Waals surface area contributed by atoms with E-state index in [1.165, 1.54) is 28.9 Å². The summed E-state index contributed by atoms with van der Waals surface area (Å²) in [5.41, 5.74) is 7.01. The molecular weight excluding hydrogens is 314 g/mol. The van der Waals surface area contributed by atoms with Crippen molar-refractivity contribution < 1.29 is 0 Å². The molecule has 3 aliphatic rings. The SMILES string of the molecule is Cc1ccc(N(CC2C=CC=CC2)C2=CC3CC3c3ccccc32)cc1. The second kappa shape index (κ2) is 6.32. The Kier molecular flexibility index (Phi) is 3.81. The van der Waals surface area contributed by atoms with Crippen molar-refractivity contribution in [2.24, 2.45) is 11.8 Å². The van der Waals surface area contributed by atoms with E-state index in [-0.39, 0.29) is 0 Å². The number of benzene rings is 2. The molecule has 0 aromatic heterocycles. The predicted molar refractivity (Wildman–Crippen MR) is 110 cm³/mol. The molecule has 0 heterocycles. The molecule has 0 aliphatic heterocycles. The van der Waals surface area contributed by atoms with Gasteiger partial charge in [0.05, 0.1) is 0 Å². The molecule has 0 spiro atoms. The van der Waals surface area contributed by atoms with Crippen LogP contribution in [0.15, 0.2) is 78.9 Å². The molecule has 1 saturated carbocycles. The smallest absolute Gasteiger partial charge is 0.0449 e. The summed E-state index contributed by atoms with van der Waals surface area (Å²) in [7, 11) is 0. The third-order valence-electron chi connectivity index (χ3n) is 5.97.